The van der Waals surface area contributed by atoms with Gasteiger partial charge in [0.25, 0.3) is 5.91 Å². The van der Waals surface area contributed by atoms with Crippen molar-refractivity contribution in [1.29, 1.82) is 0 Å². The van der Waals surface area contributed by atoms with E-state index in [4.69, 9.17) is 14.2 Å². The number of carbonyl (C=O) groups excluding carboxylic acids is 2. The van der Waals surface area contributed by atoms with E-state index in [-0.39, 0.29) is 10.5 Å². The molecule has 0 aromatic heterocycles. The summed E-state index contributed by atoms with van der Waals surface area (Å²) in [5, 5.41) is 2.57. The lowest BCUT2D eigenvalue weighted by Gasteiger charge is -2.20. The molecule has 0 fully saturated rings. The first-order chi connectivity index (χ1) is 15.3. The molecule has 3 rings (SSSR count). The predicted molar refractivity (Wildman–Crippen MR) is 118 cm³/mol. The van der Waals surface area contributed by atoms with Crippen LogP contribution in [0.25, 0.3) is 0 Å². The maximum absolute atomic E-state index is 12.9. The highest BCUT2D eigenvalue weighted by atomic mass is 32.2. The SMILES string of the molecule is CCN(CC)S(=O)(=O)c1cc(NC(=O)COC(=O)c2ccc3c(c2)OCCO3)ccc1C. The van der Waals surface area contributed by atoms with Crippen LogP contribution < -0.4 is 14.8 Å². The second kappa shape index (κ2) is 10.0. The number of hydrogen-bond acceptors (Lipinski definition) is 7. The molecular formula is C22H26N2O7S. The van der Waals surface area contributed by atoms with Crippen LogP contribution in [0.3, 0.4) is 0 Å². The lowest BCUT2D eigenvalue weighted by atomic mass is 10.2. The summed E-state index contributed by atoms with van der Waals surface area (Å²) < 4.78 is 43.0. The van der Waals surface area contributed by atoms with Crippen LogP contribution >= 0.6 is 0 Å². The van der Waals surface area contributed by atoms with Crippen molar-refractivity contribution in [2.75, 3.05) is 38.2 Å². The van der Waals surface area contributed by atoms with Crippen LogP contribution in [0.4, 0.5) is 5.69 Å². The van der Waals surface area contributed by atoms with E-state index < -0.39 is 28.5 Å². The smallest absolute Gasteiger partial charge is 0.338 e. The van der Waals surface area contributed by atoms with Gasteiger partial charge < -0.3 is 19.5 Å². The molecule has 2 aromatic carbocycles. The molecule has 1 heterocycles. The summed E-state index contributed by atoms with van der Waals surface area (Å²) >= 11 is 0. The molecule has 0 radical (unpaired) electrons. The lowest BCUT2D eigenvalue weighted by Crippen LogP contribution is -2.31. The van der Waals surface area contributed by atoms with Crippen molar-refractivity contribution in [3.8, 4) is 11.5 Å². The molecule has 172 valence electrons. The van der Waals surface area contributed by atoms with Gasteiger partial charge >= 0.3 is 5.97 Å². The van der Waals surface area contributed by atoms with Gasteiger partial charge in [-0.15, -0.1) is 0 Å². The molecule has 0 unspecified atom stereocenters. The van der Waals surface area contributed by atoms with Crippen molar-refractivity contribution < 1.29 is 32.2 Å². The van der Waals surface area contributed by atoms with Gasteiger partial charge in [-0.2, -0.15) is 4.31 Å². The first kappa shape index (κ1) is 23.6. The molecular weight excluding hydrogens is 436 g/mol. The zero-order valence-electron chi connectivity index (χ0n) is 18.2. The molecule has 0 bridgehead atoms. The van der Waals surface area contributed by atoms with Gasteiger partial charge in [0.2, 0.25) is 10.0 Å². The largest absolute Gasteiger partial charge is 0.486 e. The molecule has 32 heavy (non-hydrogen) atoms. The van der Waals surface area contributed by atoms with E-state index in [2.05, 4.69) is 5.32 Å². The highest BCUT2D eigenvalue weighted by Gasteiger charge is 2.24. The lowest BCUT2D eigenvalue weighted by molar-refractivity contribution is -0.119. The van der Waals surface area contributed by atoms with E-state index >= 15 is 0 Å². The Balaban J connectivity index is 1.64. The molecule has 1 aliphatic heterocycles. The van der Waals surface area contributed by atoms with Gasteiger partial charge in [-0.3, -0.25) is 4.79 Å². The van der Waals surface area contributed by atoms with Crippen LogP contribution in [-0.2, 0) is 19.6 Å². The normalized spacial score (nSPS) is 13.0. The highest BCUT2D eigenvalue weighted by molar-refractivity contribution is 7.89. The van der Waals surface area contributed by atoms with Crippen LogP contribution in [0.15, 0.2) is 41.3 Å². The van der Waals surface area contributed by atoms with Crippen molar-refractivity contribution in [2.45, 2.75) is 25.7 Å². The monoisotopic (exact) mass is 462 g/mol. The van der Waals surface area contributed by atoms with E-state index in [9.17, 15) is 18.0 Å². The van der Waals surface area contributed by atoms with Crippen molar-refractivity contribution in [3.05, 3.63) is 47.5 Å². The van der Waals surface area contributed by atoms with E-state index in [1.807, 2.05) is 0 Å². The Kier molecular flexibility index (Phi) is 7.37. The number of rotatable bonds is 8. The quantitative estimate of drug-likeness (QED) is 0.600. The number of nitrogens with one attached hydrogen (secondary N) is 1. The summed E-state index contributed by atoms with van der Waals surface area (Å²) in [7, 11) is -3.68. The first-order valence-electron chi connectivity index (χ1n) is 10.2. The van der Waals surface area contributed by atoms with Gasteiger partial charge in [0.15, 0.2) is 18.1 Å². The van der Waals surface area contributed by atoms with Crippen molar-refractivity contribution in [1.82, 2.24) is 4.31 Å². The molecule has 0 aliphatic carbocycles. The maximum atomic E-state index is 12.9. The van der Waals surface area contributed by atoms with Crippen LogP contribution in [0.1, 0.15) is 29.8 Å². The van der Waals surface area contributed by atoms with Gasteiger partial charge in [0, 0.05) is 18.8 Å². The molecule has 1 N–H and O–H groups in total. The molecule has 0 atom stereocenters. The van der Waals surface area contributed by atoms with Crippen molar-refractivity contribution in [2.24, 2.45) is 0 Å². The zero-order chi connectivity index (χ0) is 23.3. The van der Waals surface area contributed by atoms with Crippen LogP contribution in [0.5, 0.6) is 11.5 Å². The van der Waals surface area contributed by atoms with Crippen LogP contribution in [0.2, 0.25) is 0 Å². The van der Waals surface area contributed by atoms with E-state index in [0.29, 0.717) is 49.1 Å². The molecule has 1 amide bonds. The standard InChI is InChI=1S/C22H26N2O7S/c1-4-24(5-2)32(27,28)20-13-17(8-6-15(20)3)23-21(25)14-31-22(26)16-7-9-18-19(12-16)30-11-10-29-18/h6-9,12-13H,4-5,10-11,14H2,1-3H3,(H,23,25). The summed E-state index contributed by atoms with van der Waals surface area (Å²) in [6.45, 7) is 6.19. The van der Waals surface area contributed by atoms with E-state index in [1.165, 1.54) is 22.5 Å². The zero-order valence-corrected chi connectivity index (χ0v) is 19.0. The van der Waals surface area contributed by atoms with E-state index in [1.54, 1.807) is 39.0 Å². The number of ether oxygens (including phenoxy) is 3. The maximum Gasteiger partial charge on any atom is 0.338 e. The first-order valence-corrected chi connectivity index (χ1v) is 11.7. The van der Waals surface area contributed by atoms with Crippen molar-refractivity contribution in [3.63, 3.8) is 0 Å². The predicted octanol–water partition coefficient (Wildman–Crippen LogP) is 2.59. The number of benzene rings is 2. The number of sulfonamides is 1. The molecule has 0 saturated heterocycles. The topological polar surface area (TPSA) is 111 Å². The number of esters is 1. The fourth-order valence-electron chi connectivity index (χ4n) is 3.24. The average Bonchev–Trinajstić information content (AvgIpc) is 2.79. The van der Waals surface area contributed by atoms with Crippen LogP contribution in [0, 0.1) is 6.92 Å². The number of aryl methyl sites for hydroxylation is 1. The number of fused-ring (bicyclic) bond motifs is 1. The molecule has 9 nitrogen and oxygen atoms in total. The Morgan fingerprint density at radius 2 is 1.72 bits per heavy atom. The Morgan fingerprint density at radius 1 is 1.03 bits per heavy atom. The summed E-state index contributed by atoms with van der Waals surface area (Å²) in [5.41, 5.74) is 1.09. The fraction of sp³-hybridized carbons (Fsp3) is 0.364. The third-order valence-electron chi connectivity index (χ3n) is 4.91. The van der Waals surface area contributed by atoms with Gasteiger partial charge in [-0.25, -0.2) is 13.2 Å². The number of carbonyl (C=O) groups is 2. The van der Waals surface area contributed by atoms with Gasteiger partial charge in [-0.1, -0.05) is 19.9 Å². The minimum Gasteiger partial charge on any atom is -0.486 e. The number of hydrogen-bond donors (Lipinski definition) is 1. The summed E-state index contributed by atoms with van der Waals surface area (Å²) in [6, 6.07) is 9.25. The van der Waals surface area contributed by atoms with Crippen molar-refractivity contribution >= 4 is 27.6 Å². The third-order valence-corrected chi connectivity index (χ3v) is 7.10. The Labute approximate surface area is 187 Å². The third kappa shape index (κ3) is 5.20. The summed E-state index contributed by atoms with van der Waals surface area (Å²) in [6.07, 6.45) is 0. The Morgan fingerprint density at radius 3 is 2.41 bits per heavy atom. The Hall–Kier alpha value is -3.11. The fourth-order valence-corrected chi connectivity index (χ4v) is 4.95. The van der Waals surface area contributed by atoms with Crippen LogP contribution in [-0.4, -0.2) is 57.5 Å². The number of amides is 1. The summed E-state index contributed by atoms with van der Waals surface area (Å²) in [4.78, 5) is 24.7. The number of anilines is 1. The second-order valence-electron chi connectivity index (χ2n) is 7.05. The second-order valence-corrected chi connectivity index (χ2v) is 8.96. The van der Waals surface area contributed by atoms with Gasteiger partial charge in [-0.05, 0) is 42.8 Å². The highest BCUT2D eigenvalue weighted by Crippen LogP contribution is 2.31. The molecule has 0 spiro atoms. The molecule has 10 heteroatoms. The minimum atomic E-state index is -3.68. The van der Waals surface area contributed by atoms with Gasteiger partial charge in [0.05, 0.1) is 10.5 Å². The number of nitrogens with zero attached hydrogens (tertiary/aromatic N) is 1. The molecule has 1 aliphatic rings. The Bertz CT molecular complexity index is 1110. The van der Waals surface area contributed by atoms with E-state index in [0.717, 1.165) is 0 Å². The molecule has 2 aromatic rings. The molecule has 0 saturated carbocycles. The van der Waals surface area contributed by atoms with Gasteiger partial charge in [0.1, 0.15) is 13.2 Å². The minimum absolute atomic E-state index is 0.118. The average molecular weight is 463 g/mol. The summed E-state index contributed by atoms with van der Waals surface area (Å²) in [5.74, 6) is -0.297.